The zero-order valence-electron chi connectivity index (χ0n) is 21.5. The molecule has 0 aromatic heterocycles. The molecule has 38 heavy (non-hydrogen) atoms. The van der Waals surface area contributed by atoms with E-state index in [-0.39, 0.29) is 37.4 Å². The lowest BCUT2D eigenvalue weighted by molar-refractivity contribution is -0.142. The quantitative estimate of drug-likeness (QED) is 0.328. The zero-order chi connectivity index (χ0) is 27.1. The highest BCUT2D eigenvalue weighted by atomic mass is 16.3. The summed E-state index contributed by atoms with van der Waals surface area (Å²) >= 11 is 0. The lowest BCUT2D eigenvalue weighted by Crippen LogP contribution is -2.52. The highest BCUT2D eigenvalue weighted by Crippen LogP contribution is 2.33. The van der Waals surface area contributed by atoms with Crippen molar-refractivity contribution in [3.05, 3.63) is 83.9 Å². The third-order valence-electron chi connectivity index (χ3n) is 7.33. The normalized spacial score (nSPS) is 18.9. The predicted molar refractivity (Wildman–Crippen MR) is 147 cm³/mol. The van der Waals surface area contributed by atoms with Crippen molar-refractivity contribution in [1.82, 2.24) is 10.2 Å². The molecule has 0 radical (unpaired) electrons. The highest BCUT2D eigenvalue weighted by Gasteiger charge is 2.38. The Kier molecular flexibility index (Phi) is 9.10. The van der Waals surface area contributed by atoms with Crippen molar-refractivity contribution in [2.24, 2.45) is 17.4 Å². The van der Waals surface area contributed by atoms with E-state index < -0.39 is 24.0 Å². The first-order valence-corrected chi connectivity index (χ1v) is 13.2. The Bertz CT molecular complexity index is 1270. The summed E-state index contributed by atoms with van der Waals surface area (Å²) in [5, 5.41) is 15.6. The van der Waals surface area contributed by atoms with Crippen LogP contribution in [0.5, 0.6) is 0 Å². The summed E-state index contributed by atoms with van der Waals surface area (Å²) in [6, 6.07) is 21.5. The summed E-state index contributed by atoms with van der Waals surface area (Å²) in [5.41, 5.74) is 12.7. The maximum Gasteiger partial charge on any atom is 0.251 e. The molecule has 1 saturated carbocycles. The van der Waals surface area contributed by atoms with Crippen LogP contribution in [-0.4, -0.2) is 53.0 Å². The number of primary amides is 1. The molecule has 3 aromatic carbocycles. The van der Waals surface area contributed by atoms with Gasteiger partial charge < -0.3 is 26.8 Å². The second-order valence-corrected chi connectivity index (χ2v) is 10.0. The fourth-order valence-electron chi connectivity index (χ4n) is 5.34. The molecule has 3 amide bonds. The molecule has 4 atom stereocenters. The fraction of sp³-hybridized carbons (Fsp3) is 0.367. The van der Waals surface area contributed by atoms with Gasteiger partial charge in [-0.1, -0.05) is 67.4 Å². The smallest absolute Gasteiger partial charge is 0.251 e. The summed E-state index contributed by atoms with van der Waals surface area (Å²) in [7, 11) is 0. The van der Waals surface area contributed by atoms with Gasteiger partial charge in [-0.25, -0.2) is 0 Å². The third kappa shape index (κ3) is 6.57. The van der Waals surface area contributed by atoms with E-state index in [1.54, 1.807) is 29.2 Å². The molecule has 1 aliphatic carbocycles. The van der Waals surface area contributed by atoms with Crippen molar-refractivity contribution < 1.29 is 19.5 Å². The van der Waals surface area contributed by atoms with Crippen LogP contribution in [-0.2, 0) is 9.59 Å². The summed E-state index contributed by atoms with van der Waals surface area (Å²) in [4.78, 5) is 40.9. The Hall–Kier alpha value is -3.75. The number of carbonyl (C=O) groups excluding carboxylic acids is 3. The summed E-state index contributed by atoms with van der Waals surface area (Å²) in [6.07, 6.45) is 1.92. The first kappa shape index (κ1) is 27.3. The van der Waals surface area contributed by atoms with Crippen molar-refractivity contribution in [3.63, 3.8) is 0 Å². The number of aliphatic hydroxyl groups is 1. The zero-order valence-corrected chi connectivity index (χ0v) is 21.5. The van der Waals surface area contributed by atoms with Crippen LogP contribution in [0, 0.1) is 5.92 Å². The van der Waals surface area contributed by atoms with Crippen LogP contribution >= 0.6 is 0 Å². The monoisotopic (exact) mass is 516 g/mol. The molecule has 0 heterocycles. The molecule has 0 saturated heterocycles. The number of aliphatic hydroxyl groups excluding tert-OH is 1. The van der Waals surface area contributed by atoms with Gasteiger partial charge in [-0.2, -0.15) is 0 Å². The van der Waals surface area contributed by atoms with E-state index in [1.807, 2.05) is 48.5 Å². The SMILES string of the molecule is NCC(O)CN(C(=O)[C@@H]1CCCC[C@H]1NC(=O)c1ccccc1)C(CC(N)=O)c1ccc2ccccc2c1. The van der Waals surface area contributed by atoms with Gasteiger partial charge in [0.1, 0.15) is 0 Å². The molecule has 3 aromatic rings. The predicted octanol–water partition coefficient (Wildman–Crippen LogP) is 2.89. The first-order valence-electron chi connectivity index (χ1n) is 13.2. The van der Waals surface area contributed by atoms with Crippen LogP contribution in [0.4, 0.5) is 0 Å². The maximum absolute atomic E-state index is 14.2. The van der Waals surface area contributed by atoms with E-state index in [4.69, 9.17) is 11.5 Å². The number of hydrogen-bond donors (Lipinski definition) is 4. The number of benzene rings is 3. The van der Waals surface area contributed by atoms with Crippen LogP contribution in [0.15, 0.2) is 72.8 Å². The molecule has 2 unspecified atom stereocenters. The lowest BCUT2D eigenvalue weighted by Gasteiger charge is -2.39. The number of nitrogens with one attached hydrogen (secondary N) is 1. The molecule has 1 fully saturated rings. The van der Waals surface area contributed by atoms with Crippen LogP contribution in [0.3, 0.4) is 0 Å². The number of rotatable bonds is 10. The largest absolute Gasteiger partial charge is 0.390 e. The minimum atomic E-state index is -0.976. The third-order valence-corrected chi connectivity index (χ3v) is 7.33. The molecule has 0 spiro atoms. The average Bonchev–Trinajstić information content (AvgIpc) is 2.94. The number of carbonyl (C=O) groups is 3. The molecule has 0 aliphatic heterocycles. The Morgan fingerprint density at radius 1 is 0.947 bits per heavy atom. The Labute approximate surface area is 223 Å². The van der Waals surface area contributed by atoms with Crippen molar-refractivity contribution in [1.29, 1.82) is 0 Å². The Morgan fingerprint density at radius 2 is 1.63 bits per heavy atom. The Balaban J connectivity index is 1.67. The van der Waals surface area contributed by atoms with Gasteiger partial charge in [-0.3, -0.25) is 14.4 Å². The van der Waals surface area contributed by atoms with Crippen molar-refractivity contribution in [2.45, 2.75) is 50.3 Å². The first-order chi connectivity index (χ1) is 18.4. The van der Waals surface area contributed by atoms with Gasteiger partial charge in [0, 0.05) is 24.7 Å². The van der Waals surface area contributed by atoms with Gasteiger partial charge in [0.05, 0.1) is 24.5 Å². The molecular formula is C30H36N4O4. The molecule has 4 rings (SSSR count). The van der Waals surface area contributed by atoms with E-state index in [9.17, 15) is 19.5 Å². The maximum atomic E-state index is 14.2. The number of nitrogens with two attached hydrogens (primary N) is 2. The topological polar surface area (TPSA) is 139 Å². The second-order valence-electron chi connectivity index (χ2n) is 10.0. The number of fused-ring (bicyclic) bond motifs is 1. The molecule has 1 aliphatic rings. The van der Waals surface area contributed by atoms with Crippen LogP contribution in [0.1, 0.15) is 54.1 Å². The number of hydrogen-bond acceptors (Lipinski definition) is 5. The lowest BCUT2D eigenvalue weighted by atomic mass is 9.82. The molecule has 8 nitrogen and oxygen atoms in total. The molecule has 8 heteroatoms. The standard InChI is InChI=1S/C30H36N4O4/c31-18-24(35)19-34(27(17-28(32)36)23-15-14-20-8-4-5-11-22(20)16-23)30(38)25-12-6-7-13-26(25)33-29(37)21-9-2-1-3-10-21/h1-5,8-11,14-16,24-27,35H,6-7,12-13,17-19,31H2,(H2,32,36)(H,33,37)/t24?,25-,26-,27?/m1/s1. The van der Waals surface area contributed by atoms with Gasteiger partial charge in [-0.15, -0.1) is 0 Å². The van der Waals surface area contributed by atoms with Crippen LogP contribution in [0.2, 0.25) is 0 Å². The minimum absolute atomic E-state index is 0.0381. The number of amides is 3. The van der Waals surface area contributed by atoms with Gasteiger partial charge in [-0.05, 0) is 47.4 Å². The average molecular weight is 517 g/mol. The van der Waals surface area contributed by atoms with E-state index in [1.165, 1.54) is 0 Å². The highest BCUT2D eigenvalue weighted by molar-refractivity contribution is 5.95. The summed E-state index contributed by atoms with van der Waals surface area (Å²) < 4.78 is 0. The van der Waals surface area contributed by atoms with E-state index in [0.717, 1.165) is 29.2 Å². The van der Waals surface area contributed by atoms with Crippen molar-refractivity contribution in [3.8, 4) is 0 Å². The van der Waals surface area contributed by atoms with Crippen molar-refractivity contribution >= 4 is 28.5 Å². The fourth-order valence-corrected chi connectivity index (χ4v) is 5.34. The molecular weight excluding hydrogens is 480 g/mol. The molecule has 0 bridgehead atoms. The second kappa shape index (κ2) is 12.7. The molecule has 6 N–H and O–H groups in total. The summed E-state index contributed by atoms with van der Waals surface area (Å²) in [5.74, 6) is -1.51. The molecule has 200 valence electrons. The minimum Gasteiger partial charge on any atom is -0.390 e. The summed E-state index contributed by atoms with van der Waals surface area (Å²) in [6.45, 7) is -0.0837. The van der Waals surface area contributed by atoms with Gasteiger partial charge >= 0.3 is 0 Å². The van der Waals surface area contributed by atoms with Gasteiger partial charge in [0.15, 0.2) is 0 Å². The van der Waals surface area contributed by atoms with E-state index >= 15 is 0 Å². The van der Waals surface area contributed by atoms with E-state index in [2.05, 4.69) is 5.32 Å². The van der Waals surface area contributed by atoms with Crippen LogP contribution in [0.25, 0.3) is 10.8 Å². The van der Waals surface area contributed by atoms with Crippen LogP contribution < -0.4 is 16.8 Å². The number of nitrogens with zero attached hydrogens (tertiary/aromatic N) is 1. The van der Waals surface area contributed by atoms with Crippen molar-refractivity contribution in [2.75, 3.05) is 13.1 Å². The van der Waals surface area contributed by atoms with Gasteiger partial charge in [0.2, 0.25) is 11.8 Å². The van der Waals surface area contributed by atoms with E-state index in [0.29, 0.717) is 18.4 Å². The van der Waals surface area contributed by atoms with Gasteiger partial charge in [0.25, 0.3) is 5.91 Å². The Morgan fingerprint density at radius 3 is 2.34 bits per heavy atom.